The van der Waals surface area contributed by atoms with E-state index < -0.39 is 18.7 Å². The van der Waals surface area contributed by atoms with Gasteiger partial charge < -0.3 is 19.0 Å². The molecule has 0 spiro atoms. The zero-order chi connectivity index (χ0) is 38.8. The Bertz CT molecular complexity index is 1760. The molecule has 1 fully saturated rings. The van der Waals surface area contributed by atoms with E-state index in [4.69, 9.17) is 13.8 Å². The minimum absolute atomic E-state index is 0.167. The van der Waals surface area contributed by atoms with E-state index in [0.29, 0.717) is 42.0 Å². The second kappa shape index (κ2) is 18.4. The van der Waals surface area contributed by atoms with Crippen molar-refractivity contribution >= 4 is 18.9 Å². The van der Waals surface area contributed by atoms with Gasteiger partial charge in [-0.15, -0.1) is 0 Å². The number of para-hydroxylation sites is 2. The highest BCUT2D eigenvalue weighted by atomic mass is 31.2. The van der Waals surface area contributed by atoms with Crippen LogP contribution in [0.15, 0.2) is 127 Å². The van der Waals surface area contributed by atoms with Gasteiger partial charge in [-0.3, -0.25) is 4.79 Å². The summed E-state index contributed by atoms with van der Waals surface area (Å²) < 4.78 is 32.5. The van der Waals surface area contributed by atoms with Crippen LogP contribution in [0.1, 0.15) is 109 Å². The van der Waals surface area contributed by atoms with Gasteiger partial charge in [-0.1, -0.05) is 105 Å². The summed E-state index contributed by atoms with van der Waals surface area (Å²) in [6.07, 6.45) is 9.73. The fourth-order valence-corrected chi connectivity index (χ4v) is 9.21. The van der Waals surface area contributed by atoms with Crippen molar-refractivity contribution in [3.8, 4) is 11.5 Å². The molecule has 0 bridgehead atoms. The van der Waals surface area contributed by atoms with Crippen LogP contribution in [-0.2, 0) is 14.1 Å². The predicted molar refractivity (Wildman–Crippen MR) is 218 cm³/mol. The summed E-state index contributed by atoms with van der Waals surface area (Å²) in [6, 6.07) is 36.8. The molecule has 4 aromatic carbocycles. The molecule has 288 valence electrons. The maximum Gasteiger partial charge on any atom is 0.462 e. The predicted octanol–water partition coefficient (Wildman–Crippen LogP) is 11.6. The number of benzene rings is 4. The molecule has 0 aliphatic carbocycles. The van der Waals surface area contributed by atoms with Gasteiger partial charge in [-0.25, -0.2) is 4.57 Å². The van der Waals surface area contributed by atoms with E-state index in [0.717, 1.165) is 25.7 Å². The largest absolute Gasteiger partial charge is 0.462 e. The molecule has 0 aromatic heterocycles. The molecule has 1 aliphatic heterocycles. The van der Waals surface area contributed by atoms with E-state index in [1.54, 1.807) is 24.3 Å². The van der Waals surface area contributed by atoms with E-state index in [-0.39, 0.29) is 23.9 Å². The van der Waals surface area contributed by atoms with Gasteiger partial charge in [0.1, 0.15) is 17.6 Å². The molecule has 3 atom stereocenters. The average Bonchev–Trinajstić information content (AvgIpc) is 3.16. The van der Waals surface area contributed by atoms with Gasteiger partial charge in [0.05, 0.1) is 11.2 Å². The van der Waals surface area contributed by atoms with Crippen LogP contribution in [0.4, 0.5) is 0 Å². The summed E-state index contributed by atoms with van der Waals surface area (Å²) in [5.74, 6) is 1.16. The Labute approximate surface area is 322 Å². The smallest absolute Gasteiger partial charge is 0.462 e. The molecule has 0 saturated carbocycles. The Hall–Kier alpha value is -4.16. The van der Waals surface area contributed by atoms with E-state index in [2.05, 4.69) is 61.5 Å². The van der Waals surface area contributed by atoms with Crippen molar-refractivity contribution in [2.75, 3.05) is 0 Å². The number of allylic oxidation sites excluding steroid dienone is 2. The lowest BCUT2D eigenvalue weighted by Crippen LogP contribution is -2.60. The van der Waals surface area contributed by atoms with Gasteiger partial charge >= 0.3 is 13.6 Å². The first-order valence-corrected chi connectivity index (χ1v) is 20.9. The van der Waals surface area contributed by atoms with Crippen LogP contribution >= 0.6 is 7.60 Å². The van der Waals surface area contributed by atoms with Crippen molar-refractivity contribution < 1.29 is 28.4 Å². The summed E-state index contributed by atoms with van der Waals surface area (Å²) in [5, 5.41) is 12.5. The quantitative estimate of drug-likeness (QED) is 0.0653. The van der Waals surface area contributed by atoms with Crippen molar-refractivity contribution in [3.63, 3.8) is 0 Å². The molecule has 0 radical (unpaired) electrons. The maximum atomic E-state index is 14.4. The highest BCUT2D eigenvalue weighted by molar-refractivity contribution is 7.63. The molecule has 4 aromatic rings. The van der Waals surface area contributed by atoms with E-state index in [1.165, 1.54) is 16.2 Å². The Balaban J connectivity index is 1.22. The SMILES string of the molecule is CCC(CC(C/C=C/CCC(C)C(=O)OC1CC(C)(C)N(O)C(C)(C)C1)c1ccccc1)c1ccc(P(=O)(Oc2ccccc2)Oc2ccccc2)cc1. The molecule has 5 rings (SSSR count). The number of ether oxygens (including phenoxy) is 1. The van der Waals surface area contributed by atoms with Crippen LogP contribution in [0.3, 0.4) is 0 Å². The van der Waals surface area contributed by atoms with Crippen molar-refractivity contribution in [2.45, 2.75) is 116 Å². The molecule has 1 saturated heterocycles. The molecule has 8 heteroatoms. The number of rotatable bonds is 17. The summed E-state index contributed by atoms with van der Waals surface area (Å²) in [7, 11) is -3.76. The normalized spacial score (nSPS) is 17.8. The first-order chi connectivity index (χ1) is 25.8. The van der Waals surface area contributed by atoms with Crippen molar-refractivity contribution in [1.29, 1.82) is 0 Å². The molecule has 0 amide bonds. The fourth-order valence-electron chi connectivity index (χ4n) is 7.65. The third-order valence-electron chi connectivity index (χ3n) is 10.6. The number of hydrogen-bond donors (Lipinski definition) is 1. The van der Waals surface area contributed by atoms with Gasteiger partial charge in [0, 0.05) is 23.9 Å². The number of hydroxylamine groups is 2. The molecule has 54 heavy (non-hydrogen) atoms. The monoisotopic (exact) mass is 751 g/mol. The Morgan fingerprint density at radius 1 is 0.778 bits per heavy atom. The van der Waals surface area contributed by atoms with Gasteiger partial charge in [-0.2, -0.15) is 5.06 Å². The summed E-state index contributed by atoms with van der Waals surface area (Å²) in [6.45, 7) is 12.1. The highest BCUT2D eigenvalue weighted by Crippen LogP contribution is 2.48. The summed E-state index contributed by atoms with van der Waals surface area (Å²) in [4.78, 5) is 13.0. The fraction of sp³-hybridized carbons (Fsp3) is 0.413. The molecule has 1 heterocycles. The van der Waals surface area contributed by atoms with Crippen molar-refractivity contribution in [3.05, 3.63) is 139 Å². The number of hydrogen-bond acceptors (Lipinski definition) is 7. The topological polar surface area (TPSA) is 85.3 Å². The zero-order valence-corrected chi connectivity index (χ0v) is 33.7. The molecule has 1 N–H and O–H groups in total. The van der Waals surface area contributed by atoms with Crippen molar-refractivity contribution in [2.24, 2.45) is 5.92 Å². The zero-order valence-electron chi connectivity index (χ0n) is 32.8. The third kappa shape index (κ3) is 11.0. The van der Waals surface area contributed by atoms with E-state index >= 15 is 0 Å². The standard InChI is InChI=1S/C46H58NO6P/c1-7-36(38-28-30-43(31-29-38)54(50,52-40-24-16-10-17-25-40)53-41-26-18-11-19-27-41)32-39(37-21-13-9-14-22-37)23-15-8-12-20-35(2)44(48)51-42-33-45(3,4)47(49)46(5,6)34-42/h8-11,13-19,21-22,24-31,35-36,39,42,49H,7,12,20,23,32-34H2,1-6H3/b15-8+. The number of carbonyl (C=O) groups is 1. The van der Waals surface area contributed by atoms with Crippen molar-refractivity contribution in [1.82, 2.24) is 5.06 Å². The lowest BCUT2D eigenvalue weighted by Gasteiger charge is -2.51. The van der Waals surface area contributed by atoms with Crippen LogP contribution in [-0.4, -0.2) is 33.4 Å². The molecular weight excluding hydrogens is 693 g/mol. The third-order valence-corrected chi connectivity index (χ3v) is 12.4. The second-order valence-electron chi connectivity index (χ2n) is 15.9. The van der Waals surface area contributed by atoms with Crippen LogP contribution in [0.2, 0.25) is 0 Å². The number of esters is 1. The molecule has 7 nitrogen and oxygen atoms in total. The van der Waals surface area contributed by atoms with E-state index in [9.17, 15) is 14.6 Å². The van der Waals surface area contributed by atoms with Gasteiger partial charge in [0.15, 0.2) is 0 Å². The summed E-state index contributed by atoms with van der Waals surface area (Å²) in [5.41, 5.74) is 1.55. The highest BCUT2D eigenvalue weighted by Gasteiger charge is 2.46. The van der Waals surface area contributed by atoms with E-state index in [1.807, 2.05) is 83.1 Å². The van der Waals surface area contributed by atoms with Gasteiger partial charge in [0.25, 0.3) is 0 Å². The average molecular weight is 752 g/mol. The Kier molecular flexibility index (Phi) is 14.0. The first-order valence-electron chi connectivity index (χ1n) is 19.4. The number of piperidine rings is 1. The molecule has 1 aliphatic rings. The van der Waals surface area contributed by atoms with Gasteiger partial charge in [-0.05, 0) is 119 Å². The van der Waals surface area contributed by atoms with Crippen LogP contribution in [0.5, 0.6) is 11.5 Å². The first kappa shape index (κ1) is 41.0. The Morgan fingerprint density at radius 3 is 1.80 bits per heavy atom. The minimum Gasteiger partial charge on any atom is -0.462 e. The minimum atomic E-state index is -3.76. The van der Waals surface area contributed by atoms with Crippen LogP contribution < -0.4 is 14.4 Å². The lowest BCUT2D eigenvalue weighted by atomic mass is 9.80. The Morgan fingerprint density at radius 2 is 1.28 bits per heavy atom. The number of carbonyl (C=O) groups excluding carboxylic acids is 1. The summed E-state index contributed by atoms with van der Waals surface area (Å²) >= 11 is 0. The molecular formula is C46H58NO6P. The van der Waals surface area contributed by atoms with Crippen LogP contribution in [0.25, 0.3) is 0 Å². The maximum absolute atomic E-state index is 14.4. The lowest BCUT2D eigenvalue weighted by molar-refractivity contribution is -0.259. The van der Waals surface area contributed by atoms with Gasteiger partial charge in [0.2, 0.25) is 0 Å². The number of nitrogens with zero attached hydrogens (tertiary/aromatic N) is 1. The molecule has 3 unspecified atom stereocenters. The second-order valence-corrected chi connectivity index (χ2v) is 17.8. The van der Waals surface area contributed by atoms with Crippen LogP contribution in [0, 0.1) is 5.92 Å².